The van der Waals surface area contributed by atoms with E-state index in [-0.39, 0.29) is 5.91 Å². The Morgan fingerprint density at radius 3 is 2.25 bits per heavy atom. The van der Waals surface area contributed by atoms with Crippen molar-refractivity contribution >= 4 is 17.6 Å². The van der Waals surface area contributed by atoms with Crippen molar-refractivity contribution in [1.82, 2.24) is 4.90 Å². The molecular weight excluding hydrogens is 304 g/mol. The third-order valence-electron chi connectivity index (χ3n) is 4.34. The topological polar surface area (TPSA) is 69.6 Å². The first-order valence-electron chi connectivity index (χ1n) is 8.03. The summed E-state index contributed by atoms with van der Waals surface area (Å²) in [5.41, 5.74) is 1.61. The number of carbonyl (C=O) groups excluding carboxylic acids is 1. The van der Waals surface area contributed by atoms with Crippen molar-refractivity contribution in [3.8, 4) is 0 Å². The van der Waals surface area contributed by atoms with Gasteiger partial charge in [-0.3, -0.25) is 14.5 Å². The Morgan fingerprint density at radius 1 is 1.04 bits per heavy atom. The number of carboxylic acid groups (broad SMARTS) is 1. The summed E-state index contributed by atoms with van der Waals surface area (Å²) in [6.45, 7) is 0.982. The lowest BCUT2D eigenvalue weighted by Crippen LogP contribution is -2.36. The maximum atomic E-state index is 12.9. The average molecular weight is 324 g/mol. The average Bonchev–Trinajstić information content (AvgIpc) is 3.07. The van der Waals surface area contributed by atoms with E-state index in [9.17, 15) is 14.7 Å². The second kappa shape index (κ2) is 7.27. The molecule has 0 radical (unpaired) electrons. The van der Waals surface area contributed by atoms with Crippen molar-refractivity contribution in [2.75, 3.05) is 18.4 Å². The molecule has 0 aliphatic carbocycles. The van der Waals surface area contributed by atoms with Crippen LogP contribution < -0.4 is 5.32 Å². The molecule has 1 amide bonds. The van der Waals surface area contributed by atoms with Crippen LogP contribution in [0.25, 0.3) is 0 Å². The van der Waals surface area contributed by atoms with Crippen LogP contribution in [0.4, 0.5) is 5.69 Å². The van der Waals surface area contributed by atoms with E-state index in [2.05, 4.69) is 5.32 Å². The summed E-state index contributed by atoms with van der Waals surface area (Å²) < 4.78 is 0. The van der Waals surface area contributed by atoms with Crippen LogP contribution in [0, 0.1) is 5.92 Å². The number of amides is 1. The van der Waals surface area contributed by atoms with Gasteiger partial charge in [-0.15, -0.1) is 0 Å². The Kier molecular flexibility index (Phi) is 4.91. The molecule has 0 spiro atoms. The number of nitrogens with one attached hydrogen (secondary N) is 1. The maximum Gasteiger partial charge on any atom is 0.307 e. The minimum Gasteiger partial charge on any atom is -0.481 e. The zero-order valence-electron chi connectivity index (χ0n) is 13.3. The molecule has 0 bridgehead atoms. The lowest BCUT2D eigenvalue weighted by molar-refractivity contribution is -0.141. The number of anilines is 1. The highest BCUT2D eigenvalue weighted by Gasteiger charge is 2.36. The summed E-state index contributed by atoms with van der Waals surface area (Å²) in [6.07, 6.45) is 0.567. The number of hydrogen-bond acceptors (Lipinski definition) is 3. The highest BCUT2D eigenvalue weighted by molar-refractivity contribution is 5.95. The van der Waals surface area contributed by atoms with Gasteiger partial charge in [0.25, 0.3) is 0 Å². The molecule has 124 valence electrons. The third kappa shape index (κ3) is 3.63. The maximum absolute atomic E-state index is 12.9. The van der Waals surface area contributed by atoms with Gasteiger partial charge in [0.15, 0.2) is 0 Å². The van der Waals surface area contributed by atoms with Crippen molar-refractivity contribution in [3.63, 3.8) is 0 Å². The van der Waals surface area contributed by atoms with Gasteiger partial charge in [-0.25, -0.2) is 0 Å². The van der Waals surface area contributed by atoms with E-state index in [1.165, 1.54) is 0 Å². The number of para-hydroxylation sites is 1. The van der Waals surface area contributed by atoms with Crippen molar-refractivity contribution < 1.29 is 14.7 Å². The highest BCUT2D eigenvalue weighted by Crippen LogP contribution is 2.29. The van der Waals surface area contributed by atoms with E-state index >= 15 is 0 Å². The van der Waals surface area contributed by atoms with Crippen molar-refractivity contribution in [2.45, 2.75) is 12.5 Å². The number of hydrogen-bond donors (Lipinski definition) is 2. The fraction of sp³-hybridized carbons (Fsp3) is 0.263. The van der Waals surface area contributed by atoms with Gasteiger partial charge >= 0.3 is 5.97 Å². The van der Waals surface area contributed by atoms with Gasteiger partial charge in [-0.2, -0.15) is 0 Å². The minimum absolute atomic E-state index is 0.140. The third-order valence-corrected chi connectivity index (χ3v) is 4.34. The van der Waals surface area contributed by atoms with Crippen LogP contribution in [0.3, 0.4) is 0 Å². The first kappa shape index (κ1) is 16.2. The van der Waals surface area contributed by atoms with Gasteiger partial charge in [0.1, 0.15) is 6.04 Å². The number of carbonyl (C=O) groups is 2. The fourth-order valence-electron chi connectivity index (χ4n) is 3.12. The quantitative estimate of drug-likeness (QED) is 0.887. The van der Waals surface area contributed by atoms with Crippen LogP contribution in [0.2, 0.25) is 0 Å². The van der Waals surface area contributed by atoms with E-state index in [1.807, 2.05) is 65.6 Å². The van der Waals surface area contributed by atoms with Crippen LogP contribution in [0.15, 0.2) is 60.7 Å². The van der Waals surface area contributed by atoms with Crippen LogP contribution in [-0.2, 0) is 9.59 Å². The van der Waals surface area contributed by atoms with Crippen molar-refractivity contribution in [2.24, 2.45) is 5.92 Å². The monoisotopic (exact) mass is 324 g/mol. The normalized spacial score (nSPS) is 18.9. The summed E-state index contributed by atoms with van der Waals surface area (Å²) in [7, 11) is 0. The molecule has 1 aliphatic heterocycles. The summed E-state index contributed by atoms with van der Waals surface area (Å²) in [5.74, 6) is -1.35. The molecule has 2 N–H and O–H groups in total. The summed E-state index contributed by atoms with van der Waals surface area (Å²) in [4.78, 5) is 26.1. The lowest BCUT2D eigenvalue weighted by atomic mass is 10.0. The van der Waals surface area contributed by atoms with Gasteiger partial charge in [0, 0.05) is 18.8 Å². The first-order chi connectivity index (χ1) is 11.6. The molecule has 1 fully saturated rings. The molecule has 5 heteroatoms. The molecule has 1 saturated heterocycles. The van der Waals surface area contributed by atoms with E-state index in [0.717, 1.165) is 11.3 Å². The summed E-state index contributed by atoms with van der Waals surface area (Å²) >= 11 is 0. The Labute approximate surface area is 140 Å². The molecule has 2 aromatic rings. The smallest absolute Gasteiger partial charge is 0.307 e. The summed E-state index contributed by atoms with van der Waals surface area (Å²) in [6, 6.07) is 18.3. The van der Waals surface area contributed by atoms with E-state index < -0.39 is 17.9 Å². The van der Waals surface area contributed by atoms with Gasteiger partial charge in [-0.05, 0) is 24.1 Å². The van der Waals surface area contributed by atoms with Gasteiger partial charge < -0.3 is 10.4 Å². The first-order valence-corrected chi connectivity index (χ1v) is 8.03. The van der Waals surface area contributed by atoms with Crippen LogP contribution in [0.1, 0.15) is 18.0 Å². The second-order valence-corrected chi connectivity index (χ2v) is 5.99. The molecule has 3 rings (SSSR count). The molecule has 0 saturated carbocycles. The number of carboxylic acids is 1. The van der Waals surface area contributed by atoms with Crippen molar-refractivity contribution in [1.29, 1.82) is 0 Å². The molecule has 2 unspecified atom stereocenters. The molecule has 2 aromatic carbocycles. The standard InChI is InChI=1S/C19H20N2O3/c22-18(20-16-9-5-2-6-10-16)17(14-7-3-1-4-8-14)21-12-11-15(13-21)19(23)24/h1-10,15,17H,11-13H2,(H,20,22)(H,23,24). The summed E-state index contributed by atoms with van der Waals surface area (Å²) in [5, 5.41) is 12.2. The number of nitrogens with zero attached hydrogens (tertiary/aromatic N) is 1. The zero-order chi connectivity index (χ0) is 16.9. The Bertz CT molecular complexity index is 703. The number of aliphatic carboxylic acids is 1. The van der Waals surface area contributed by atoms with E-state index in [0.29, 0.717) is 19.5 Å². The van der Waals surface area contributed by atoms with E-state index in [1.54, 1.807) is 0 Å². The Hall–Kier alpha value is -2.66. The largest absolute Gasteiger partial charge is 0.481 e. The van der Waals surface area contributed by atoms with Crippen molar-refractivity contribution in [3.05, 3.63) is 66.2 Å². The molecular formula is C19H20N2O3. The zero-order valence-corrected chi connectivity index (χ0v) is 13.3. The molecule has 0 aromatic heterocycles. The lowest BCUT2D eigenvalue weighted by Gasteiger charge is -2.27. The molecule has 1 heterocycles. The molecule has 2 atom stereocenters. The highest BCUT2D eigenvalue weighted by atomic mass is 16.4. The van der Waals surface area contributed by atoms with Crippen LogP contribution >= 0.6 is 0 Å². The predicted molar refractivity (Wildman–Crippen MR) is 91.6 cm³/mol. The Balaban J connectivity index is 1.83. The van der Waals surface area contributed by atoms with Gasteiger partial charge in [-0.1, -0.05) is 48.5 Å². The number of rotatable bonds is 5. The number of benzene rings is 2. The predicted octanol–water partition coefficient (Wildman–Crippen LogP) is 2.77. The van der Waals surface area contributed by atoms with Crippen LogP contribution in [-0.4, -0.2) is 35.0 Å². The molecule has 24 heavy (non-hydrogen) atoms. The Morgan fingerprint density at radius 2 is 1.67 bits per heavy atom. The molecule has 5 nitrogen and oxygen atoms in total. The number of likely N-dealkylation sites (tertiary alicyclic amines) is 1. The minimum atomic E-state index is -0.798. The van der Waals surface area contributed by atoms with Gasteiger partial charge in [0.05, 0.1) is 5.92 Å². The fourth-order valence-corrected chi connectivity index (χ4v) is 3.12. The van der Waals surface area contributed by atoms with E-state index in [4.69, 9.17) is 0 Å². The molecule has 1 aliphatic rings. The van der Waals surface area contributed by atoms with Crippen LogP contribution in [0.5, 0.6) is 0 Å². The second-order valence-electron chi connectivity index (χ2n) is 5.99. The SMILES string of the molecule is O=C(O)C1CCN(C(C(=O)Nc2ccccc2)c2ccccc2)C1. The van der Waals surface area contributed by atoms with Gasteiger partial charge in [0.2, 0.25) is 5.91 Å².